The summed E-state index contributed by atoms with van der Waals surface area (Å²) in [5.41, 5.74) is 5.25. The number of nitrogens with one attached hydrogen (secondary N) is 4. The van der Waals surface area contributed by atoms with Crippen LogP contribution < -0.4 is 33.2 Å². The highest BCUT2D eigenvalue weighted by atomic mass is 16.6. The summed E-state index contributed by atoms with van der Waals surface area (Å²) < 4.78 is 0. The smallest absolute Gasteiger partial charge is 0.269 e. The monoisotopic (exact) mass is 467 g/mol. The molecule has 0 aliphatic heterocycles. The van der Waals surface area contributed by atoms with Crippen LogP contribution in [0.25, 0.3) is 0 Å². The largest absolute Gasteiger partial charge is 0.370 e. The number of hydrogen-bond acceptors (Lipinski definition) is 8. The molecule has 0 bridgehead atoms. The molecule has 14 nitrogen and oxygen atoms in total. The van der Waals surface area contributed by atoms with Crippen molar-refractivity contribution < 1.29 is 28.9 Å². The Kier molecular flexibility index (Phi) is 11.7. The molecule has 0 saturated carbocycles. The van der Waals surface area contributed by atoms with E-state index in [1.54, 1.807) is 0 Å². The number of rotatable bonds is 11. The van der Waals surface area contributed by atoms with Gasteiger partial charge in [0.1, 0.15) is 18.1 Å². The van der Waals surface area contributed by atoms with Crippen molar-refractivity contribution >= 4 is 40.9 Å². The van der Waals surface area contributed by atoms with E-state index in [0.29, 0.717) is 0 Å². The highest BCUT2D eigenvalue weighted by molar-refractivity contribution is 5.98. The minimum absolute atomic E-state index is 0. The highest BCUT2D eigenvalue weighted by Crippen LogP contribution is 2.15. The predicted octanol–water partition coefficient (Wildman–Crippen LogP) is -0.525. The zero-order chi connectivity index (χ0) is 24.4. The van der Waals surface area contributed by atoms with Gasteiger partial charge in [0.15, 0.2) is 0 Å². The van der Waals surface area contributed by atoms with Gasteiger partial charge in [-0.3, -0.25) is 34.1 Å². The van der Waals surface area contributed by atoms with Gasteiger partial charge in [0.05, 0.1) is 4.92 Å². The molecule has 5 amide bonds. The maximum atomic E-state index is 12.6. The molecular weight excluding hydrogens is 438 g/mol. The van der Waals surface area contributed by atoms with E-state index in [0.717, 1.165) is 0 Å². The zero-order valence-electron chi connectivity index (χ0n) is 18.5. The van der Waals surface area contributed by atoms with E-state index in [4.69, 9.17) is 5.73 Å². The van der Waals surface area contributed by atoms with Crippen LogP contribution in [-0.2, 0) is 24.0 Å². The molecule has 33 heavy (non-hydrogen) atoms. The van der Waals surface area contributed by atoms with E-state index in [-0.39, 0.29) is 30.4 Å². The number of carbonyl (C=O) groups excluding carboxylic acids is 5. The number of anilines is 1. The standard InChI is InChI=1S/C19H26N6O7.H3N/c1-10(21-12(3)26)18(29)24-15(8-9-16(20)27)19(30)22-11(2)17(28)23-13-4-6-14(7-5-13)25(31)32;/h4-7,10-11,15H,8-9H2,1-3H3,(H2,20,27)(H,21,26)(H,22,30)(H,23,28)(H,24,29);1H3/t10-,11-,15-;/m0./s1. The van der Waals surface area contributed by atoms with E-state index in [1.807, 2.05) is 0 Å². The molecule has 14 heteroatoms. The van der Waals surface area contributed by atoms with Gasteiger partial charge in [-0.25, -0.2) is 0 Å². The zero-order valence-corrected chi connectivity index (χ0v) is 18.5. The van der Waals surface area contributed by atoms with Crippen molar-refractivity contribution in [3.05, 3.63) is 34.4 Å². The Morgan fingerprint density at radius 2 is 1.48 bits per heavy atom. The van der Waals surface area contributed by atoms with Crippen molar-refractivity contribution in [2.75, 3.05) is 5.32 Å². The highest BCUT2D eigenvalue weighted by Gasteiger charge is 2.26. The van der Waals surface area contributed by atoms with Crippen molar-refractivity contribution in [2.24, 2.45) is 5.73 Å². The first-order chi connectivity index (χ1) is 14.9. The molecule has 9 N–H and O–H groups in total. The van der Waals surface area contributed by atoms with E-state index >= 15 is 0 Å². The lowest BCUT2D eigenvalue weighted by molar-refractivity contribution is -0.384. The van der Waals surface area contributed by atoms with Crippen LogP contribution in [0, 0.1) is 10.1 Å². The first-order valence-corrected chi connectivity index (χ1v) is 9.62. The predicted molar refractivity (Wildman–Crippen MR) is 118 cm³/mol. The molecule has 1 rings (SSSR count). The van der Waals surface area contributed by atoms with Gasteiger partial charge in [0.25, 0.3) is 5.69 Å². The molecule has 0 fully saturated rings. The van der Waals surface area contributed by atoms with Crippen LogP contribution in [0.5, 0.6) is 0 Å². The van der Waals surface area contributed by atoms with Crippen molar-refractivity contribution in [3.8, 4) is 0 Å². The lowest BCUT2D eigenvalue weighted by atomic mass is 10.1. The third-order valence-corrected chi connectivity index (χ3v) is 4.22. The number of primary amides is 1. The number of nitro groups is 1. The van der Waals surface area contributed by atoms with E-state index < -0.39 is 52.6 Å². The Balaban J connectivity index is 0.0000102. The first kappa shape index (κ1) is 28.9. The van der Waals surface area contributed by atoms with Gasteiger partial charge in [-0.05, 0) is 32.4 Å². The number of hydrogen-bond donors (Lipinski definition) is 6. The number of nitro benzene ring substituents is 1. The van der Waals surface area contributed by atoms with Gasteiger partial charge in [0.2, 0.25) is 29.5 Å². The first-order valence-electron chi connectivity index (χ1n) is 9.62. The Bertz CT molecular complexity index is 889. The number of amides is 5. The Morgan fingerprint density at radius 1 is 0.939 bits per heavy atom. The minimum atomic E-state index is -1.18. The Morgan fingerprint density at radius 3 is 1.97 bits per heavy atom. The SMILES string of the molecule is CC(=O)N[C@@H](C)C(=O)N[C@@H](CCC(N)=O)C(=O)N[C@@H](C)C(=O)Nc1ccc([N+](=O)[O-])cc1.N. The molecule has 0 spiro atoms. The van der Waals surface area contributed by atoms with Gasteiger partial charge in [-0.2, -0.15) is 0 Å². The quantitative estimate of drug-likeness (QED) is 0.182. The van der Waals surface area contributed by atoms with Crippen LogP contribution in [0.1, 0.15) is 33.6 Å². The van der Waals surface area contributed by atoms with E-state index in [9.17, 15) is 34.1 Å². The Labute approximate surface area is 189 Å². The topological polar surface area (TPSA) is 238 Å². The maximum Gasteiger partial charge on any atom is 0.269 e. The second-order valence-electron chi connectivity index (χ2n) is 7.01. The molecular formula is C19H29N7O7. The van der Waals surface area contributed by atoms with Crippen molar-refractivity contribution in [2.45, 2.75) is 51.7 Å². The average Bonchev–Trinajstić information content (AvgIpc) is 2.70. The third-order valence-electron chi connectivity index (χ3n) is 4.22. The maximum absolute atomic E-state index is 12.6. The van der Waals surface area contributed by atoms with Gasteiger partial charge < -0.3 is 33.2 Å². The normalized spacial score (nSPS) is 12.7. The fourth-order valence-corrected chi connectivity index (χ4v) is 2.52. The molecule has 0 aliphatic rings. The number of carbonyl (C=O) groups is 5. The van der Waals surface area contributed by atoms with Gasteiger partial charge in [0, 0.05) is 31.2 Å². The van der Waals surface area contributed by atoms with Crippen LogP contribution in [0.2, 0.25) is 0 Å². The molecule has 3 atom stereocenters. The number of nitrogens with two attached hydrogens (primary N) is 1. The van der Waals surface area contributed by atoms with Crippen molar-refractivity contribution in [1.82, 2.24) is 22.1 Å². The number of benzene rings is 1. The van der Waals surface area contributed by atoms with Crippen molar-refractivity contribution in [1.29, 1.82) is 0 Å². The fraction of sp³-hybridized carbons (Fsp3) is 0.421. The van der Waals surface area contributed by atoms with Crippen molar-refractivity contribution in [3.63, 3.8) is 0 Å². The molecule has 0 heterocycles. The van der Waals surface area contributed by atoms with Gasteiger partial charge in [-0.15, -0.1) is 0 Å². The van der Waals surface area contributed by atoms with Gasteiger partial charge >= 0.3 is 0 Å². The summed E-state index contributed by atoms with van der Waals surface area (Å²) in [6.07, 6.45) is -0.313. The summed E-state index contributed by atoms with van der Waals surface area (Å²) in [6.45, 7) is 4.04. The number of non-ortho nitro benzene ring substituents is 1. The van der Waals surface area contributed by atoms with Crippen LogP contribution in [0.4, 0.5) is 11.4 Å². The fourth-order valence-electron chi connectivity index (χ4n) is 2.52. The lowest BCUT2D eigenvalue weighted by Gasteiger charge is -2.22. The van der Waals surface area contributed by atoms with Crippen LogP contribution in [0.15, 0.2) is 24.3 Å². The molecule has 0 aliphatic carbocycles. The van der Waals surface area contributed by atoms with Crippen LogP contribution in [-0.4, -0.2) is 52.6 Å². The second kappa shape index (κ2) is 13.4. The molecule has 1 aromatic rings. The molecule has 182 valence electrons. The van der Waals surface area contributed by atoms with E-state index in [1.165, 1.54) is 45.0 Å². The average molecular weight is 467 g/mol. The molecule has 1 aromatic carbocycles. The number of nitrogens with zero attached hydrogens (tertiary/aromatic N) is 1. The van der Waals surface area contributed by atoms with E-state index in [2.05, 4.69) is 21.3 Å². The second-order valence-corrected chi connectivity index (χ2v) is 7.01. The molecule has 0 aromatic heterocycles. The minimum Gasteiger partial charge on any atom is -0.370 e. The Hall–Kier alpha value is -4.07. The summed E-state index contributed by atoms with van der Waals surface area (Å²) in [6, 6.07) is 1.95. The van der Waals surface area contributed by atoms with Crippen LogP contribution >= 0.6 is 0 Å². The lowest BCUT2D eigenvalue weighted by Crippen LogP contribution is -2.55. The van der Waals surface area contributed by atoms with Crippen LogP contribution in [0.3, 0.4) is 0 Å². The summed E-state index contributed by atoms with van der Waals surface area (Å²) in [5, 5.41) is 20.4. The summed E-state index contributed by atoms with van der Waals surface area (Å²) in [5.74, 6) is -3.13. The third kappa shape index (κ3) is 10.2. The summed E-state index contributed by atoms with van der Waals surface area (Å²) in [4.78, 5) is 69.5. The summed E-state index contributed by atoms with van der Waals surface area (Å²) >= 11 is 0. The molecule has 0 saturated heterocycles. The summed E-state index contributed by atoms with van der Waals surface area (Å²) in [7, 11) is 0. The van der Waals surface area contributed by atoms with Gasteiger partial charge in [-0.1, -0.05) is 0 Å². The molecule has 0 radical (unpaired) electrons. The molecule has 0 unspecified atom stereocenters.